The summed E-state index contributed by atoms with van der Waals surface area (Å²) in [4.78, 5) is 35.9. The molecule has 4 aromatic rings. The lowest BCUT2D eigenvalue weighted by Gasteiger charge is -2.30. The molecule has 2 N–H and O–H groups in total. The number of aromatic nitrogens is 4. The summed E-state index contributed by atoms with van der Waals surface area (Å²) in [6, 6.07) is 18.1. The molecular weight excluding hydrogens is 478 g/mol. The van der Waals surface area contributed by atoms with Crippen LogP contribution < -0.4 is 5.56 Å². The number of nitrogens with zero attached hydrogens (tertiary/aromatic N) is 4. The van der Waals surface area contributed by atoms with Gasteiger partial charge in [-0.05, 0) is 48.4 Å². The fourth-order valence-corrected chi connectivity index (χ4v) is 5.61. The molecule has 2 aromatic heterocycles. The number of amides is 1. The van der Waals surface area contributed by atoms with Crippen molar-refractivity contribution in [3.05, 3.63) is 106 Å². The van der Waals surface area contributed by atoms with E-state index in [1.807, 2.05) is 53.5 Å². The summed E-state index contributed by atoms with van der Waals surface area (Å²) in [6.45, 7) is 0.547. The van der Waals surface area contributed by atoms with Crippen LogP contribution in [-0.2, 0) is 23.2 Å². The Hall–Kier alpha value is -4.04. The Balaban J connectivity index is 1.10. The van der Waals surface area contributed by atoms with Crippen LogP contribution in [0.25, 0.3) is 11.1 Å². The van der Waals surface area contributed by atoms with E-state index in [4.69, 9.17) is 4.98 Å². The Bertz CT molecular complexity index is 1580. The van der Waals surface area contributed by atoms with Crippen LogP contribution in [0.3, 0.4) is 0 Å². The zero-order chi connectivity index (χ0) is 25.9. The van der Waals surface area contributed by atoms with Gasteiger partial charge in [-0.3, -0.25) is 14.3 Å². The Labute approximate surface area is 220 Å². The molecular formula is C30H29N5O3. The van der Waals surface area contributed by atoms with Crippen LogP contribution in [-0.4, -0.2) is 42.2 Å². The minimum absolute atomic E-state index is 0.139. The highest BCUT2D eigenvalue weighted by atomic mass is 16.3. The number of hydrogen-bond acceptors (Lipinski definition) is 5. The van der Waals surface area contributed by atoms with Crippen molar-refractivity contribution in [2.45, 2.75) is 56.2 Å². The van der Waals surface area contributed by atoms with Crippen LogP contribution in [0, 0.1) is 0 Å². The predicted molar refractivity (Wildman–Crippen MR) is 141 cm³/mol. The predicted octanol–water partition coefficient (Wildman–Crippen LogP) is 3.67. The Morgan fingerprint density at radius 3 is 2.66 bits per heavy atom. The van der Waals surface area contributed by atoms with Gasteiger partial charge in [-0.15, -0.1) is 0 Å². The van der Waals surface area contributed by atoms with Gasteiger partial charge in [0.05, 0.1) is 35.5 Å². The molecule has 2 aliphatic carbocycles. The zero-order valence-corrected chi connectivity index (χ0v) is 21.0. The normalized spacial score (nSPS) is 18.6. The van der Waals surface area contributed by atoms with Crippen molar-refractivity contribution in [3.63, 3.8) is 0 Å². The molecule has 0 spiro atoms. The Morgan fingerprint density at radius 1 is 1.08 bits per heavy atom. The second-order valence-corrected chi connectivity index (χ2v) is 10.8. The summed E-state index contributed by atoms with van der Waals surface area (Å²) < 4.78 is 1.98. The molecule has 7 rings (SSSR count). The summed E-state index contributed by atoms with van der Waals surface area (Å²) in [5.74, 6) is 0.307. The molecule has 1 aliphatic heterocycles. The van der Waals surface area contributed by atoms with Gasteiger partial charge < -0.3 is 15.0 Å². The van der Waals surface area contributed by atoms with Gasteiger partial charge in [0.2, 0.25) is 0 Å². The van der Waals surface area contributed by atoms with Gasteiger partial charge in [0.1, 0.15) is 5.82 Å². The van der Waals surface area contributed by atoms with Gasteiger partial charge in [-0.1, -0.05) is 48.5 Å². The van der Waals surface area contributed by atoms with Gasteiger partial charge in [-0.2, -0.15) is 5.10 Å². The van der Waals surface area contributed by atoms with E-state index in [0.717, 1.165) is 42.5 Å². The fraction of sp³-hybridized carbons (Fsp3) is 0.333. The highest BCUT2D eigenvalue weighted by molar-refractivity contribution is 5.83. The van der Waals surface area contributed by atoms with Crippen LogP contribution in [0.15, 0.2) is 71.8 Å². The molecule has 0 saturated heterocycles. The molecule has 0 bridgehead atoms. The van der Waals surface area contributed by atoms with Crippen molar-refractivity contribution in [2.24, 2.45) is 0 Å². The molecule has 192 valence electrons. The maximum Gasteiger partial charge on any atom is 0.256 e. The third-order valence-electron chi connectivity index (χ3n) is 8.20. The lowest BCUT2D eigenvalue weighted by Crippen LogP contribution is -2.42. The van der Waals surface area contributed by atoms with Crippen molar-refractivity contribution < 1.29 is 9.90 Å². The van der Waals surface area contributed by atoms with E-state index < -0.39 is 12.0 Å². The molecule has 8 nitrogen and oxygen atoms in total. The molecule has 3 aliphatic rings. The van der Waals surface area contributed by atoms with E-state index in [1.165, 1.54) is 5.56 Å². The van der Waals surface area contributed by atoms with Crippen LogP contribution in [0.2, 0.25) is 0 Å². The number of carbonyl (C=O) groups is 1. The number of nitrogens with one attached hydrogen (secondary N) is 1. The summed E-state index contributed by atoms with van der Waals surface area (Å²) in [5, 5.41) is 15.5. The SMILES string of the molecule is O=C(C(O)c1cccc(-c2cnn(C3CC3)c2)c1)N1CCc2nc(C3(c4ccccc4)CC3)[nH]c(=O)c2C1. The second kappa shape index (κ2) is 8.77. The number of carbonyl (C=O) groups excluding carboxylic acids is 1. The first-order valence-electron chi connectivity index (χ1n) is 13.3. The molecule has 38 heavy (non-hydrogen) atoms. The van der Waals surface area contributed by atoms with Gasteiger partial charge in [0.25, 0.3) is 11.5 Å². The van der Waals surface area contributed by atoms with Crippen LogP contribution >= 0.6 is 0 Å². The first kappa shape index (κ1) is 23.1. The topological polar surface area (TPSA) is 104 Å². The smallest absolute Gasteiger partial charge is 0.256 e. The third-order valence-corrected chi connectivity index (χ3v) is 8.20. The second-order valence-electron chi connectivity index (χ2n) is 10.8. The quantitative estimate of drug-likeness (QED) is 0.415. The summed E-state index contributed by atoms with van der Waals surface area (Å²) in [7, 11) is 0. The molecule has 1 unspecified atom stereocenters. The first-order valence-corrected chi connectivity index (χ1v) is 13.3. The van der Waals surface area contributed by atoms with Gasteiger partial charge in [0.15, 0.2) is 6.10 Å². The molecule has 3 heterocycles. The number of benzene rings is 2. The number of hydrogen-bond donors (Lipinski definition) is 2. The minimum atomic E-state index is -1.31. The Kier molecular flexibility index (Phi) is 5.33. The van der Waals surface area contributed by atoms with E-state index in [9.17, 15) is 14.7 Å². The minimum Gasteiger partial charge on any atom is -0.378 e. The number of aromatic amines is 1. The Morgan fingerprint density at radius 2 is 1.89 bits per heavy atom. The van der Waals surface area contributed by atoms with Gasteiger partial charge >= 0.3 is 0 Å². The summed E-state index contributed by atoms with van der Waals surface area (Å²) in [5.41, 5.74) is 4.39. The third kappa shape index (κ3) is 3.96. The zero-order valence-electron chi connectivity index (χ0n) is 21.0. The highest BCUT2D eigenvalue weighted by Gasteiger charge is 2.48. The van der Waals surface area contributed by atoms with E-state index >= 15 is 0 Å². The molecule has 2 saturated carbocycles. The van der Waals surface area contributed by atoms with E-state index in [2.05, 4.69) is 22.2 Å². The lowest BCUT2D eigenvalue weighted by molar-refractivity contribution is -0.141. The van der Waals surface area contributed by atoms with Crippen molar-refractivity contribution in [1.82, 2.24) is 24.6 Å². The van der Waals surface area contributed by atoms with Crippen molar-refractivity contribution >= 4 is 5.91 Å². The van der Waals surface area contributed by atoms with Crippen LogP contribution in [0.4, 0.5) is 0 Å². The standard InChI is InChI=1S/C30H29N5O3/c36-26(20-6-4-5-19(15-20)21-16-31-35(17-21)23-9-10-23)28(38)34-14-11-25-24(18-34)27(37)33-29(32-25)30(12-13-30)22-7-2-1-3-8-22/h1-8,15-17,23,26,36H,9-14,18H2,(H,32,33,37). The lowest BCUT2D eigenvalue weighted by atomic mass is 9.94. The molecule has 0 radical (unpaired) electrons. The molecule has 2 aromatic carbocycles. The maximum atomic E-state index is 13.3. The maximum absolute atomic E-state index is 13.3. The first-order chi connectivity index (χ1) is 18.5. The van der Waals surface area contributed by atoms with Gasteiger partial charge in [-0.25, -0.2) is 4.98 Å². The monoisotopic (exact) mass is 507 g/mol. The van der Waals surface area contributed by atoms with E-state index in [-0.39, 0.29) is 17.5 Å². The number of rotatable bonds is 6. The number of aliphatic hydroxyl groups excluding tert-OH is 1. The molecule has 1 atom stereocenters. The number of fused-ring (bicyclic) bond motifs is 1. The molecule has 8 heteroatoms. The summed E-state index contributed by atoms with van der Waals surface area (Å²) >= 11 is 0. The molecule has 1 amide bonds. The average molecular weight is 508 g/mol. The van der Waals surface area contributed by atoms with Gasteiger partial charge in [0, 0.05) is 24.7 Å². The van der Waals surface area contributed by atoms with E-state index in [0.29, 0.717) is 36.0 Å². The number of aliphatic hydroxyl groups is 1. The van der Waals surface area contributed by atoms with Crippen molar-refractivity contribution in [3.8, 4) is 11.1 Å². The van der Waals surface area contributed by atoms with Crippen molar-refractivity contribution in [2.75, 3.05) is 6.54 Å². The number of H-pyrrole nitrogens is 1. The van der Waals surface area contributed by atoms with Crippen LogP contribution in [0.5, 0.6) is 0 Å². The molecule has 2 fully saturated rings. The summed E-state index contributed by atoms with van der Waals surface area (Å²) in [6.07, 6.45) is 7.23. The van der Waals surface area contributed by atoms with Crippen LogP contribution in [0.1, 0.15) is 66.0 Å². The average Bonchev–Trinajstić information content (AvgIpc) is 3.91. The fourth-order valence-electron chi connectivity index (χ4n) is 5.61. The largest absolute Gasteiger partial charge is 0.378 e. The van der Waals surface area contributed by atoms with Crippen molar-refractivity contribution in [1.29, 1.82) is 0 Å². The highest BCUT2D eigenvalue weighted by Crippen LogP contribution is 2.52. The van der Waals surface area contributed by atoms with E-state index in [1.54, 1.807) is 11.0 Å².